The van der Waals surface area contributed by atoms with Gasteiger partial charge in [-0.15, -0.1) is 16.4 Å². The second kappa shape index (κ2) is 6.62. The van der Waals surface area contributed by atoms with E-state index >= 15 is 0 Å². The zero-order valence-corrected chi connectivity index (χ0v) is 12.1. The molecule has 21 heavy (non-hydrogen) atoms. The fourth-order valence-corrected chi connectivity index (χ4v) is 2.43. The first-order chi connectivity index (χ1) is 10.1. The lowest BCUT2D eigenvalue weighted by Crippen LogP contribution is -2.22. The molecule has 0 unspecified atom stereocenters. The summed E-state index contributed by atoms with van der Waals surface area (Å²) < 4.78 is 0. The monoisotopic (exact) mass is 302 g/mol. The molecule has 2 aromatic rings. The summed E-state index contributed by atoms with van der Waals surface area (Å²) in [7, 11) is 0. The second-order valence-corrected chi connectivity index (χ2v) is 4.85. The molecular formula is C13H14N6OS. The Kier molecular flexibility index (Phi) is 4.62. The van der Waals surface area contributed by atoms with Crippen molar-refractivity contribution in [1.82, 2.24) is 4.98 Å². The lowest BCUT2D eigenvalue weighted by Gasteiger charge is -2.17. The summed E-state index contributed by atoms with van der Waals surface area (Å²) in [4.78, 5) is 17.7. The topological polar surface area (TPSA) is 110 Å². The van der Waals surface area contributed by atoms with E-state index in [1.807, 2.05) is 30.3 Å². The van der Waals surface area contributed by atoms with Gasteiger partial charge in [0.2, 0.25) is 11.9 Å². The highest BCUT2D eigenvalue weighted by Crippen LogP contribution is 2.28. The van der Waals surface area contributed by atoms with Gasteiger partial charge in [0, 0.05) is 12.3 Å². The quantitative estimate of drug-likeness (QED) is 0.505. The van der Waals surface area contributed by atoms with Crippen LogP contribution in [0.4, 0.5) is 10.8 Å². The zero-order chi connectivity index (χ0) is 15.2. The first-order valence-corrected chi connectivity index (χ1v) is 6.89. The molecule has 1 aromatic carbocycles. The fraction of sp³-hybridized carbons (Fsp3) is 0.0769. The number of thiazole rings is 1. The maximum atomic E-state index is 11.9. The normalized spacial score (nSPS) is 10.5. The maximum Gasteiger partial charge on any atom is 0.230 e. The molecule has 0 aliphatic carbocycles. The molecule has 0 atom stereocenters. The standard InChI is InChI=1S/C13H14N6OS/c1-9(20)19(11-5-3-2-4-6-11)13-17-10(8-21-13)7-16-18-12(14)15/h2-8H,1H3,(H4,14,15,18)/b16-7+. The average molecular weight is 302 g/mol. The van der Waals surface area contributed by atoms with Crippen molar-refractivity contribution in [3.05, 3.63) is 41.4 Å². The number of guanidine groups is 1. The summed E-state index contributed by atoms with van der Waals surface area (Å²) in [5.74, 6) is -0.250. The Balaban J connectivity index is 2.27. The third-order valence-electron chi connectivity index (χ3n) is 2.39. The number of nitrogens with two attached hydrogens (primary N) is 2. The van der Waals surface area contributed by atoms with Crippen LogP contribution in [0.1, 0.15) is 12.6 Å². The van der Waals surface area contributed by atoms with Crippen LogP contribution in [-0.2, 0) is 4.79 Å². The van der Waals surface area contributed by atoms with Gasteiger partial charge >= 0.3 is 0 Å². The van der Waals surface area contributed by atoms with Crippen molar-refractivity contribution in [2.24, 2.45) is 21.7 Å². The van der Waals surface area contributed by atoms with Gasteiger partial charge in [-0.1, -0.05) is 18.2 Å². The first-order valence-electron chi connectivity index (χ1n) is 6.01. The molecule has 0 fully saturated rings. The predicted octanol–water partition coefficient (Wildman–Crippen LogP) is 1.44. The number of carbonyl (C=O) groups excluding carboxylic acids is 1. The van der Waals surface area contributed by atoms with E-state index in [2.05, 4.69) is 15.2 Å². The van der Waals surface area contributed by atoms with Crippen molar-refractivity contribution < 1.29 is 4.79 Å². The van der Waals surface area contributed by atoms with Crippen LogP contribution in [0.5, 0.6) is 0 Å². The Hall–Kier alpha value is -2.74. The van der Waals surface area contributed by atoms with Crippen molar-refractivity contribution in [1.29, 1.82) is 0 Å². The summed E-state index contributed by atoms with van der Waals surface area (Å²) in [5.41, 5.74) is 11.7. The van der Waals surface area contributed by atoms with E-state index in [-0.39, 0.29) is 11.9 Å². The molecule has 0 saturated heterocycles. The smallest absolute Gasteiger partial charge is 0.230 e. The lowest BCUT2D eigenvalue weighted by atomic mass is 10.3. The number of benzene rings is 1. The molecule has 0 bridgehead atoms. The minimum absolute atomic E-state index is 0.122. The molecule has 0 spiro atoms. The van der Waals surface area contributed by atoms with E-state index in [0.29, 0.717) is 10.8 Å². The van der Waals surface area contributed by atoms with E-state index in [0.717, 1.165) is 5.69 Å². The van der Waals surface area contributed by atoms with Gasteiger partial charge in [-0.3, -0.25) is 9.69 Å². The molecule has 1 aromatic heterocycles. The van der Waals surface area contributed by atoms with Crippen LogP contribution in [0.3, 0.4) is 0 Å². The number of nitrogens with zero attached hydrogens (tertiary/aromatic N) is 4. The van der Waals surface area contributed by atoms with E-state index in [4.69, 9.17) is 11.5 Å². The Morgan fingerprint density at radius 2 is 2.05 bits per heavy atom. The van der Waals surface area contributed by atoms with Crippen LogP contribution in [0.25, 0.3) is 0 Å². The number of hydrogen-bond acceptors (Lipinski definition) is 5. The molecule has 2 rings (SSSR count). The minimum atomic E-state index is -0.128. The highest BCUT2D eigenvalue weighted by atomic mass is 32.1. The summed E-state index contributed by atoms with van der Waals surface area (Å²) in [6.45, 7) is 1.49. The lowest BCUT2D eigenvalue weighted by molar-refractivity contribution is -0.115. The largest absolute Gasteiger partial charge is 0.369 e. The van der Waals surface area contributed by atoms with Crippen molar-refractivity contribution in [3.63, 3.8) is 0 Å². The Morgan fingerprint density at radius 1 is 1.33 bits per heavy atom. The van der Waals surface area contributed by atoms with Crippen LogP contribution >= 0.6 is 11.3 Å². The van der Waals surface area contributed by atoms with Gasteiger partial charge in [0.25, 0.3) is 0 Å². The number of para-hydroxylation sites is 1. The second-order valence-electron chi connectivity index (χ2n) is 4.01. The number of carbonyl (C=O) groups is 1. The molecule has 108 valence electrons. The van der Waals surface area contributed by atoms with Gasteiger partial charge in [-0.25, -0.2) is 4.98 Å². The van der Waals surface area contributed by atoms with Crippen molar-refractivity contribution >= 4 is 40.2 Å². The Morgan fingerprint density at radius 3 is 2.67 bits per heavy atom. The third kappa shape index (κ3) is 3.86. The summed E-state index contributed by atoms with van der Waals surface area (Å²) in [6.07, 6.45) is 1.42. The fourth-order valence-electron chi connectivity index (χ4n) is 1.60. The van der Waals surface area contributed by atoms with E-state index in [9.17, 15) is 4.79 Å². The molecule has 0 aliphatic rings. The van der Waals surface area contributed by atoms with Crippen LogP contribution in [-0.4, -0.2) is 23.1 Å². The average Bonchev–Trinajstić information content (AvgIpc) is 2.88. The minimum Gasteiger partial charge on any atom is -0.369 e. The SMILES string of the molecule is CC(=O)N(c1ccccc1)c1nc(/C=N/N=C(N)N)cs1. The highest BCUT2D eigenvalue weighted by molar-refractivity contribution is 7.14. The number of hydrogen-bond donors (Lipinski definition) is 2. The summed E-state index contributed by atoms with van der Waals surface area (Å²) in [5, 5.41) is 9.50. The number of rotatable bonds is 4. The van der Waals surface area contributed by atoms with Crippen LogP contribution in [0.2, 0.25) is 0 Å². The van der Waals surface area contributed by atoms with Crippen LogP contribution in [0, 0.1) is 0 Å². The van der Waals surface area contributed by atoms with Crippen molar-refractivity contribution in [3.8, 4) is 0 Å². The Labute approximate surface area is 125 Å². The number of amides is 1. The molecule has 7 nitrogen and oxygen atoms in total. The number of aromatic nitrogens is 1. The van der Waals surface area contributed by atoms with E-state index in [1.54, 1.807) is 5.38 Å². The molecule has 4 N–H and O–H groups in total. The molecule has 1 heterocycles. The zero-order valence-electron chi connectivity index (χ0n) is 11.3. The molecule has 8 heteroatoms. The van der Waals surface area contributed by atoms with Gasteiger partial charge in [0.1, 0.15) is 0 Å². The van der Waals surface area contributed by atoms with Crippen molar-refractivity contribution in [2.75, 3.05) is 4.90 Å². The highest BCUT2D eigenvalue weighted by Gasteiger charge is 2.17. The van der Waals surface area contributed by atoms with Gasteiger partial charge in [-0.2, -0.15) is 5.10 Å². The summed E-state index contributed by atoms with van der Waals surface area (Å²) in [6, 6.07) is 9.29. The molecule has 0 saturated carbocycles. The first kappa shape index (κ1) is 14.7. The molecule has 0 aliphatic heterocycles. The van der Waals surface area contributed by atoms with E-state index < -0.39 is 0 Å². The van der Waals surface area contributed by atoms with Crippen molar-refractivity contribution in [2.45, 2.75) is 6.92 Å². The Bertz CT molecular complexity index is 675. The van der Waals surface area contributed by atoms with E-state index in [1.165, 1.54) is 29.4 Å². The molecular weight excluding hydrogens is 288 g/mol. The number of anilines is 2. The molecule has 0 radical (unpaired) electrons. The molecule has 1 amide bonds. The summed E-state index contributed by atoms with van der Waals surface area (Å²) >= 11 is 1.33. The predicted molar refractivity (Wildman–Crippen MR) is 84.8 cm³/mol. The van der Waals surface area contributed by atoms with Crippen LogP contribution in [0.15, 0.2) is 45.9 Å². The van der Waals surface area contributed by atoms with Crippen LogP contribution < -0.4 is 16.4 Å². The maximum absolute atomic E-state index is 11.9. The third-order valence-corrected chi connectivity index (χ3v) is 3.24. The van der Waals surface area contributed by atoms with Gasteiger partial charge in [0.05, 0.1) is 17.6 Å². The van der Waals surface area contributed by atoms with Gasteiger partial charge in [0.15, 0.2) is 5.13 Å². The van der Waals surface area contributed by atoms with Gasteiger partial charge < -0.3 is 11.5 Å². The van der Waals surface area contributed by atoms with Gasteiger partial charge in [-0.05, 0) is 12.1 Å².